The highest BCUT2D eigenvalue weighted by molar-refractivity contribution is 6.33. The van der Waals surface area contributed by atoms with Gasteiger partial charge in [0, 0.05) is 6.54 Å². The molecule has 0 fully saturated rings. The van der Waals surface area contributed by atoms with Gasteiger partial charge < -0.3 is 10.3 Å². The summed E-state index contributed by atoms with van der Waals surface area (Å²) >= 11 is 5.99. The topological polar surface area (TPSA) is 70.7 Å². The molecule has 0 bridgehead atoms. The molecule has 17 heavy (non-hydrogen) atoms. The maximum absolute atomic E-state index is 12.2. The average Bonchev–Trinajstić information content (AvgIpc) is 2.38. The van der Waals surface area contributed by atoms with Crippen LogP contribution in [0, 0.1) is 0 Å². The number of hydrogen-bond donors (Lipinski definition) is 2. The van der Waals surface area contributed by atoms with E-state index >= 15 is 0 Å². The Morgan fingerprint density at radius 2 is 2.24 bits per heavy atom. The predicted molar refractivity (Wildman–Crippen MR) is 67.0 cm³/mol. The van der Waals surface area contributed by atoms with Crippen molar-refractivity contribution in [1.29, 1.82) is 0 Å². The first kappa shape index (κ1) is 11.9. The zero-order valence-electron chi connectivity index (χ0n) is 9.19. The number of halogens is 1. The van der Waals surface area contributed by atoms with Crippen molar-refractivity contribution in [3.05, 3.63) is 34.9 Å². The Balaban J connectivity index is 2.17. The van der Waals surface area contributed by atoms with Crippen LogP contribution in [0.2, 0.25) is 5.02 Å². The fourth-order valence-electron chi connectivity index (χ4n) is 1.69. The molecule has 5 nitrogen and oxygen atoms in total. The molecular formula is C11H13ClN4O. The fraction of sp³-hybridized carbons (Fsp3) is 0.273. The third kappa shape index (κ3) is 2.57. The average molecular weight is 253 g/mol. The van der Waals surface area contributed by atoms with Crippen molar-refractivity contribution in [2.45, 2.75) is 0 Å². The maximum atomic E-state index is 12.2. The summed E-state index contributed by atoms with van der Waals surface area (Å²) in [6.45, 7) is 1.52. The van der Waals surface area contributed by atoms with Gasteiger partial charge in [-0.3, -0.25) is 9.79 Å². The number of nitrogens with one attached hydrogen (secondary N) is 1. The minimum absolute atomic E-state index is 0.0988. The van der Waals surface area contributed by atoms with Gasteiger partial charge in [0.05, 0.1) is 23.7 Å². The summed E-state index contributed by atoms with van der Waals surface area (Å²) in [6.07, 6.45) is 0. The first-order valence-corrected chi connectivity index (χ1v) is 5.64. The summed E-state index contributed by atoms with van der Waals surface area (Å²) in [7, 11) is 0. The lowest BCUT2D eigenvalue weighted by Gasteiger charge is -2.26. The first-order valence-electron chi connectivity index (χ1n) is 5.26. The van der Waals surface area contributed by atoms with Crippen LogP contribution in [0.15, 0.2) is 29.3 Å². The van der Waals surface area contributed by atoms with E-state index in [1.54, 1.807) is 29.2 Å². The lowest BCUT2D eigenvalue weighted by Crippen LogP contribution is -2.47. The molecule has 0 aromatic heterocycles. The zero-order chi connectivity index (χ0) is 12.3. The van der Waals surface area contributed by atoms with Crippen molar-refractivity contribution in [1.82, 2.24) is 10.3 Å². The Bertz CT molecular complexity index is 461. The Hall–Kier alpha value is -1.59. The second kappa shape index (κ2) is 5.16. The van der Waals surface area contributed by atoms with E-state index < -0.39 is 0 Å². The monoisotopic (exact) mass is 252 g/mol. The normalized spacial score (nSPS) is 15.4. The van der Waals surface area contributed by atoms with E-state index in [0.717, 1.165) is 0 Å². The molecule has 0 saturated carbocycles. The third-order valence-corrected chi connectivity index (χ3v) is 2.90. The van der Waals surface area contributed by atoms with Crippen molar-refractivity contribution < 1.29 is 4.79 Å². The number of carbonyl (C=O) groups is 1. The number of nitrogens with two attached hydrogens (primary N) is 1. The van der Waals surface area contributed by atoms with E-state index in [1.165, 1.54) is 0 Å². The Morgan fingerprint density at radius 1 is 1.47 bits per heavy atom. The molecule has 0 unspecified atom stereocenters. The molecule has 0 radical (unpaired) electrons. The Labute approximate surface area is 104 Å². The lowest BCUT2D eigenvalue weighted by molar-refractivity contribution is 0.0777. The highest BCUT2D eigenvalue weighted by Crippen LogP contribution is 2.17. The van der Waals surface area contributed by atoms with Gasteiger partial charge >= 0.3 is 0 Å². The molecule has 3 N–H and O–H groups in total. The van der Waals surface area contributed by atoms with Crippen LogP contribution in [-0.4, -0.2) is 36.3 Å². The summed E-state index contributed by atoms with van der Waals surface area (Å²) in [4.78, 5) is 18.0. The molecule has 1 amide bonds. The van der Waals surface area contributed by atoms with Crippen LogP contribution in [-0.2, 0) is 0 Å². The number of nitrogens with zero attached hydrogens (tertiary/aromatic N) is 2. The van der Waals surface area contributed by atoms with Crippen LogP contribution in [0.4, 0.5) is 0 Å². The lowest BCUT2D eigenvalue weighted by atomic mass is 10.2. The van der Waals surface area contributed by atoms with Crippen molar-refractivity contribution in [2.75, 3.05) is 19.6 Å². The second-order valence-corrected chi connectivity index (χ2v) is 4.09. The summed E-state index contributed by atoms with van der Waals surface area (Å²) in [5, 5.41) is 0.460. The van der Waals surface area contributed by atoms with Gasteiger partial charge in [-0.05, 0) is 12.1 Å². The van der Waals surface area contributed by atoms with Gasteiger partial charge in [-0.2, -0.15) is 0 Å². The summed E-state index contributed by atoms with van der Waals surface area (Å²) < 4.78 is 0. The first-order chi connectivity index (χ1) is 8.22. The molecule has 0 saturated heterocycles. The van der Waals surface area contributed by atoms with E-state index in [2.05, 4.69) is 10.4 Å². The molecule has 6 heteroatoms. The molecule has 90 valence electrons. The van der Waals surface area contributed by atoms with Crippen LogP contribution in [0.3, 0.4) is 0 Å². The predicted octanol–water partition coefficient (Wildman–Crippen LogP) is 0.658. The number of carbonyl (C=O) groups excluding carboxylic acids is 1. The quantitative estimate of drug-likeness (QED) is 0.570. The fourth-order valence-corrected chi connectivity index (χ4v) is 1.90. The highest BCUT2D eigenvalue weighted by Gasteiger charge is 2.21. The third-order valence-electron chi connectivity index (χ3n) is 2.57. The summed E-state index contributed by atoms with van der Waals surface area (Å²) in [6, 6.07) is 7.00. The van der Waals surface area contributed by atoms with Crippen LogP contribution < -0.4 is 11.3 Å². The van der Waals surface area contributed by atoms with E-state index in [4.69, 9.17) is 17.4 Å². The molecule has 2 rings (SSSR count). The highest BCUT2D eigenvalue weighted by atomic mass is 35.5. The van der Waals surface area contributed by atoms with Gasteiger partial charge in [-0.15, -0.1) is 0 Å². The number of benzene rings is 1. The van der Waals surface area contributed by atoms with E-state index in [-0.39, 0.29) is 5.91 Å². The van der Waals surface area contributed by atoms with Crippen molar-refractivity contribution >= 4 is 23.3 Å². The van der Waals surface area contributed by atoms with Gasteiger partial charge in [0.15, 0.2) is 0 Å². The van der Waals surface area contributed by atoms with Gasteiger partial charge in [-0.1, -0.05) is 23.7 Å². The number of amides is 1. The minimum Gasteiger partial charge on any atom is -0.329 e. The molecule has 0 aliphatic carbocycles. The molecule has 1 aliphatic heterocycles. The van der Waals surface area contributed by atoms with Gasteiger partial charge in [0.25, 0.3) is 5.91 Å². The minimum atomic E-state index is -0.0988. The SMILES string of the molecule is NNC1=NCCN(C(=O)c2ccccc2Cl)C1. The zero-order valence-corrected chi connectivity index (χ0v) is 9.94. The molecule has 0 atom stereocenters. The second-order valence-electron chi connectivity index (χ2n) is 3.68. The molecule has 1 aromatic rings. The molecule has 1 aromatic carbocycles. The number of aliphatic imine (C=N–C) groups is 1. The number of amidine groups is 1. The van der Waals surface area contributed by atoms with Crippen LogP contribution in [0.1, 0.15) is 10.4 Å². The van der Waals surface area contributed by atoms with Crippen molar-refractivity contribution in [2.24, 2.45) is 10.8 Å². The van der Waals surface area contributed by atoms with Crippen molar-refractivity contribution in [3.8, 4) is 0 Å². The largest absolute Gasteiger partial charge is 0.329 e. The molecule has 0 spiro atoms. The van der Waals surface area contributed by atoms with Gasteiger partial charge in [0.1, 0.15) is 5.84 Å². The smallest absolute Gasteiger partial charge is 0.255 e. The van der Waals surface area contributed by atoms with Crippen molar-refractivity contribution in [3.63, 3.8) is 0 Å². The molecule has 1 aliphatic rings. The van der Waals surface area contributed by atoms with E-state index in [1.807, 2.05) is 0 Å². The van der Waals surface area contributed by atoms with E-state index in [0.29, 0.717) is 36.1 Å². The standard InChI is InChI=1S/C11H13ClN4O/c12-9-4-2-1-3-8(9)11(17)16-6-5-14-10(7-16)15-13/h1-4H,5-7,13H2,(H,14,15). The van der Waals surface area contributed by atoms with E-state index in [9.17, 15) is 4.79 Å². The Kier molecular flexibility index (Phi) is 3.61. The Morgan fingerprint density at radius 3 is 2.94 bits per heavy atom. The summed E-state index contributed by atoms with van der Waals surface area (Å²) in [5.74, 6) is 5.80. The van der Waals surface area contributed by atoms with Crippen LogP contribution in [0.25, 0.3) is 0 Å². The van der Waals surface area contributed by atoms with Crippen LogP contribution in [0.5, 0.6) is 0 Å². The van der Waals surface area contributed by atoms with Gasteiger partial charge in [0.2, 0.25) is 0 Å². The number of hydrazine groups is 1. The molecule has 1 heterocycles. The number of hydrogen-bond acceptors (Lipinski definition) is 4. The molecular weight excluding hydrogens is 240 g/mol. The van der Waals surface area contributed by atoms with Gasteiger partial charge in [-0.25, -0.2) is 5.84 Å². The van der Waals surface area contributed by atoms with Crippen LogP contribution >= 0.6 is 11.6 Å². The number of rotatable bonds is 1. The summed E-state index contributed by atoms with van der Waals surface area (Å²) in [5.41, 5.74) is 2.98. The maximum Gasteiger partial charge on any atom is 0.255 e.